The van der Waals surface area contributed by atoms with Gasteiger partial charge in [0.2, 0.25) is 0 Å². The second kappa shape index (κ2) is 9.70. The molecule has 0 amide bonds. The molecular formula is C21H26N2O3. The van der Waals surface area contributed by atoms with Crippen molar-refractivity contribution >= 4 is 11.9 Å². The molecule has 1 aromatic carbocycles. The van der Waals surface area contributed by atoms with E-state index in [0.29, 0.717) is 11.5 Å². The summed E-state index contributed by atoms with van der Waals surface area (Å²) in [6.45, 7) is 6.25. The van der Waals surface area contributed by atoms with Crippen molar-refractivity contribution < 1.29 is 9.53 Å². The second-order valence-corrected chi connectivity index (χ2v) is 6.29. The molecule has 1 aromatic heterocycles. The van der Waals surface area contributed by atoms with Crippen molar-refractivity contribution in [1.29, 1.82) is 0 Å². The Hall–Kier alpha value is -2.69. The van der Waals surface area contributed by atoms with Gasteiger partial charge in [0.25, 0.3) is 5.56 Å². The highest BCUT2D eigenvalue weighted by Gasteiger charge is 2.12. The Balaban J connectivity index is 1.96. The number of aromatic amines is 1. The summed E-state index contributed by atoms with van der Waals surface area (Å²) in [6.07, 6.45) is 7.78. The number of unbranched alkanes of at least 4 members (excludes halogenated alkanes) is 3. The van der Waals surface area contributed by atoms with Gasteiger partial charge in [-0.15, -0.1) is 0 Å². The minimum atomic E-state index is -0.406. The summed E-state index contributed by atoms with van der Waals surface area (Å²) < 4.78 is 5.70. The molecular weight excluding hydrogens is 328 g/mol. The van der Waals surface area contributed by atoms with E-state index in [1.54, 1.807) is 19.9 Å². The van der Waals surface area contributed by atoms with Crippen LogP contribution in [-0.2, 0) is 0 Å². The van der Waals surface area contributed by atoms with Gasteiger partial charge in [0.05, 0.1) is 12.3 Å². The molecule has 0 bridgehead atoms. The molecule has 5 nitrogen and oxygen atoms in total. The minimum absolute atomic E-state index is 0.0823. The lowest BCUT2D eigenvalue weighted by atomic mass is 10.1. The fourth-order valence-corrected chi connectivity index (χ4v) is 2.67. The maximum absolute atomic E-state index is 12.3. The Bertz CT molecular complexity index is 820. The number of allylic oxidation sites excluding steroid dienone is 1. The molecule has 0 aliphatic heterocycles. The lowest BCUT2D eigenvalue weighted by Gasteiger charge is -2.06. The van der Waals surface area contributed by atoms with Gasteiger partial charge in [-0.3, -0.25) is 9.59 Å². The van der Waals surface area contributed by atoms with Crippen LogP contribution in [0.3, 0.4) is 0 Å². The standard InChI is InChI=1S/C21H26N2O3/c1-4-5-6-7-14-26-18-11-8-17(9-12-18)10-13-19(24)20-15(2)22-16(3)23-21(20)25/h8-13H,4-7,14H2,1-3H3,(H,22,23,25)/b13-10+. The molecule has 0 radical (unpaired) electrons. The van der Waals surface area contributed by atoms with Crippen LogP contribution in [0.2, 0.25) is 0 Å². The number of nitrogens with one attached hydrogen (secondary N) is 1. The summed E-state index contributed by atoms with van der Waals surface area (Å²) in [7, 11) is 0. The number of benzene rings is 1. The topological polar surface area (TPSA) is 72.0 Å². The number of rotatable bonds is 9. The first kappa shape index (κ1) is 19.6. The first-order valence-corrected chi connectivity index (χ1v) is 9.04. The summed E-state index contributed by atoms with van der Waals surface area (Å²) in [6, 6.07) is 7.54. The van der Waals surface area contributed by atoms with Gasteiger partial charge >= 0.3 is 0 Å². The number of ether oxygens (including phenoxy) is 1. The lowest BCUT2D eigenvalue weighted by Crippen LogP contribution is -2.21. The Kier molecular flexibility index (Phi) is 7.33. The first-order valence-electron chi connectivity index (χ1n) is 9.04. The zero-order valence-corrected chi connectivity index (χ0v) is 15.7. The SMILES string of the molecule is CCCCCCOc1ccc(/C=C/C(=O)c2c(C)nc(C)[nH]c2=O)cc1. The predicted octanol–water partition coefficient (Wildman–Crippen LogP) is 4.24. The van der Waals surface area contributed by atoms with Crippen LogP contribution in [-0.4, -0.2) is 22.4 Å². The van der Waals surface area contributed by atoms with E-state index >= 15 is 0 Å². The van der Waals surface area contributed by atoms with Crippen LogP contribution < -0.4 is 10.3 Å². The fourth-order valence-electron chi connectivity index (χ4n) is 2.67. The van der Waals surface area contributed by atoms with Crippen LogP contribution in [0.25, 0.3) is 6.08 Å². The van der Waals surface area contributed by atoms with Gasteiger partial charge in [-0.1, -0.05) is 44.4 Å². The molecule has 26 heavy (non-hydrogen) atoms. The van der Waals surface area contributed by atoms with Crippen LogP contribution in [0, 0.1) is 13.8 Å². The largest absolute Gasteiger partial charge is 0.494 e. The van der Waals surface area contributed by atoms with Crippen LogP contribution in [0.1, 0.15) is 60.0 Å². The highest BCUT2D eigenvalue weighted by atomic mass is 16.5. The van der Waals surface area contributed by atoms with Crippen molar-refractivity contribution in [3.63, 3.8) is 0 Å². The van der Waals surface area contributed by atoms with E-state index in [2.05, 4.69) is 16.9 Å². The quantitative estimate of drug-likeness (QED) is 0.415. The maximum atomic E-state index is 12.3. The Morgan fingerprint density at radius 2 is 1.88 bits per heavy atom. The Morgan fingerprint density at radius 1 is 1.15 bits per heavy atom. The number of hydrogen-bond donors (Lipinski definition) is 1. The number of hydrogen-bond acceptors (Lipinski definition) is 4. The van der Waals surface area contributed by atoms with Crippen molar-refractivity contribution in [3.8, 4) is 5.75 Å². The molecule has 1 heterocycles. The molecule has 138 valence electrons. The van der Waals surface area contributed by atoms with E-state index in [4.69, 9.17) is 4.74 Å². The van der Waals surface area contributed by atoms with Gasteiger partial charge < -0.3 is 9.72 Å². The molecule has 0 aliphatic carbocycles. The first-order chi connectivity index (χ1) is 12.5. The van der Waals surface area contributed by atoms with E-state index in [-0.39, 0.29) is 11.3 Å². The maximum Gasteiger partial charge on any atom is 0.262 e. The highest BCUT2D eigenvalue weighted by Crippen LogP contribution is 2.14. The van der Waals surface area contributed by atoms with Crippen molar-refractivity contribution in [1.82, 2.24) is 9.97 Å². The van der Waals surface area contributed by atoms with E-state index < -0.39 is 5.56 Å². The number of H-pyrrole nitrogens is 1. The normalized spacial score (nSPS) is 11.0. The number of nitrogens with zero attached hydrogens (tertiary/aromatic N) is 1. The Labute approximate surface area is 154 Å². The van der Waals surface area contributed by atoms with Crippen molar-refractivity contribution in [2.75, 3.05) is 6.61 Å². The van der Waals surface area contributed by atoms with Gasteiger partial charge in [0, 0.05) is 0 Å². The third-order valence-electron chi connectivity index (χ3n) is 4.04. The summed E-state index contributed by atoms with van der Waals surface area (Å²) in [5.74, 6) is 0.964. The molecule has 0 atom stereocenters. The average Bonchev–Trinajstić information content (AvgIpc) is 2.60. The zero-order chi connectivity index (χ0) is 18.9. The molecule has 0 saturated heterocycles. The van der Waals surface area contributed by atoms with Gasteiger partial charge in [0.15, 0.2) is 5.78 Å². The monoisotopic (exact) mass is 354 g/mol. The van der Waals surface area contributed by atoms with Gasteiger partial charge in [-0.25, -0.2) is 4.98 Å². The average molecular weight is 354 g/mol. The number of aromatic nitrogens is 2. The zero-order valence-electron chi connectivity index (χ0n) is 15.7. The number of carbonyl (C=O) groups is 1. The molecule has 0 saturated carbocycles. The molecule has 0 unspecified atom stereocenters. The molecule has 2 rings (SSSR count). The van der Waals surface area contributed by atoms with Crippen LogP contribution in [0.5, 0.6) is 5.75 Å². The van der Waals surface area contributed by atoms with Crippen LogP contribution in [0.4, 0.5) is 0 Å². The molecule has 2 aromatic rings. The third kappa shape index (κ3) is 5.69. The summed E-state index contributed by atoms with van der Waals surface area (Å²) in [5.41, 5.74) is 0.980. The van der Waals surface area contributed by atoms with E-state index in [1.165, 1.54) is 25.3 Å². The molecule has 0 aliphatic rings. The summed E-state index contributed by atoms with van der Waals surface area (Å²) >= 11 is 0. The second-order valence-electron chi connectivity index (χ2n) is 6.29. The third-order valence-corrected chi connectivity index (χ3v) is 4.04. The Morgan fingerprint density at radius 3 is 2.54 bits per heavy atom. The van der Waals surface area contributed by atoms with Crippen molar-refractivity contribution in [3.05, 3.63) is 63.3 Å². The van der Waals surface area contributed by atoms with Crippen LogP contribution >= 0.6 is 0 Å². The smallest absolute Gasteiger partial charge is 0.262 e. The predicted molar refractivity (Wildman–Crippen MR) is 104 cm³/mol. The number of ketones is 1. The van der Waals surface area contributed by atoms with Crippen molar-refractivity contribution in [2.45, 2.75) is 46.5 Å². The van der Waals surface area contributed by atoms with E-state index in [9.17, 15) is 9.59 Å². The van der Waals surface area contributed by atoms with Gasteiger partial charge in [-0.2, -0.15) is 0 Å². The lowest BCUT2D eigenvalue weighted by molar-refractivity contribution is 0.104. The van der Waals surface area contributed by atoms with E-state index in [0.717, 1.165) is 24.3 Å². The molecule has 0 fully saturated rings. The highest BCUT2D eigenvalue weighted by molar-refractivity contribution is 6.07. The summed E-state index contributed by atoms with van der Waals surface area (Å²) in [5, 5.41) is 0. The van der Waals surface area contributed by atoms with Crippen molar-refractivity contribution in [2.24, 2.45) is 0 Å². The van der Waals surface area contributed by atoms with Gasteiger partial charge in [-0.05, 0) is 44.0 Å². The minimum Gasteiger partial charge on any atom is -0.494 e. The number of aryl methyl sites for hydroxylation is 2. The number of carbonyl (C=O) groups excluding carboxylic acids is 1. The molecule has 1 N–H and O–H groups in total. The molecule has 5 heteroatoms. The summed E-state index contributed by atoms with van der Waals surface area (Å²) in [4.78, 5) is 31.0. The fraction of sp³-hybridized carbons (Fsp3) is 0.381. The molecule has 0 spiro atoms. The van der Waals surface area contributed by atoms with Crippen LogP contribution in [0.15, 0.2) is 35.1 Å². The van der Waals surface area contributed by atoms with Gasteiger partial charge in [0.1, 0.15) is 17.1 Å². The van der Waals surface area contributed by atoms with E-state index in [1.807, 2.05) is 24.3 Å².